The highest BCUT2D eigenvalue weighted by atomic mass is 35.5. The zero-order chi connectivity index (χ0) is 15.0. The minimum Gasteiger partial charge on any atom is -0.369 e. The average molecular weight is 326 g/mol. The van der Waals surface area contributed by atoms with E-state index in [1.54, 1.807) is 12.1 Å². The first-order chi connectivity index (χ1) is 10.1. The number of nitrogens with zero attached hydrogens (tertiary/aromatic N) is 2. The topological polar surface area (TPSA) is 28.2 Å². The Kier molecular flexibility index (Phi) is 3.91. The van der Waals surface area contributed by atoms with Crippen LogP contribution in [0.1, 0.15) is 12.5 Å². The van der Waals surface area contributed by atoms with Crippen molar-refractivity contribution in [3.63, 3.8) is 0 Å². The Bertz CT molecular complexity index is 691. The van der Waals surface area contributed by atoms with Crippen molar-refractivity contribution in [1.82, 2.24) is 4.98 Å². The molecule has 1 aromatic heterocycles. The number of halogens is 3. The molecule has 0 aliphatic carbocycles. The molecule has 0 bridgehead atoms. The van der Waals surface area contributed by atoms with Crippen LogP contribution in [0, 0.1) is 5.82 Å². The molecular formula is C15H14Cl2FN3. The molecule has 1 aliphatic rings. The standard InChI is InChI=1S/C15H14Cl2FN3/c1-2-19-14-11(16)8-12(17)15(20-14)21-6-5-9-3-4-10(18)7-13(9)21/h3-4,7-8H,2,5-6H2,1H3,(H,19,20). The van der Waals surface area contributed by atoms with E-state index in [9.17, 15) is 4.39 Å². The molecule has 3 rings (SSSR count). The highest BCUT2D eigenvalue weighted by Gasteiger charge is 2.24. The normalized spacial score (nSPS) is 13.4. The number of anilines is 3. The van der Waals surface area contributed by atoms with E-state index in [-0.39, 0.29) is 5.82 Å². The van der Waals surface area contributed by atoms with Crippen LogP contribution in [0.5, 0.6) is 0 Å². The Morgan fingerprint density at radius 1 is 1.29 bits per heavy atom. The molecule has 21 heavy (non-hydrogen) atoms. The molecule has 2 aromatic rings. The zero-order valence-corrected chi connectivity index (χ0v) is 13.0. The van der Waals surface area contributed by atoms with Crippen LogP contribution >= 0.6 is 23.2 Å². The van der Waals surface area contributed by atoms with Crippen LogP contribution < -0.4 is 10.2 Å². The third-order valence-corrected chi connectivity index (χ3v) is 4.02. The lowest BCUT2D eigenvalue weighted by molar-refractivity contribution is 0.628. The molecule has 1 aliphatic heterocycles. The Morgan fingerprint density at radius 3 is 2.86 bits per heavy atom. The monoisotopic (exact) mass is 325 g/mol. The number of hydrogen-bond donors (Lipinski definition) is 1. The van der Waals surface area contributed by atoms with E-state index < -0.39 is 0 Å². The number of rotatable bonds is 3. The highest BCUT2D eigenvalue weighted by Crippen LogP contribution is 2.39. The van der Waals surface area contributed by atoms with Gasteiger partial charge in [0, 0.05) is 18.8 Å². The molecule has 1 N–H and O–H groups in total. The van der Waals surface area contributed by atoms with Crippen molar-refractivity contribution in [1.29, 1.82) is 0 Å². The second kappa shape index (κ2) is 5.70. The van der Waals surface area contributed by atoms with Gasteiger partial charge in [-0.05, 0) is 37.1 Å². The summed E-state index contributed by atoms with van der Waals surface area (Å²) in [6.07, 6.45) is 0.840. The lowest BCUT2D eigenvalue weighted by Crippen LogP contribution is -2.16. The van der Waals surface area contributed by atoms with E-state index in [2.05, 4.69) is 10.3 Å². The van der Waals surface area contributed by atoms with E-state index >= 15 is 0 Å². The second-order valence-electron chi connectivity index (χ2n) is 4.83. The first-order valence-corrected chi connectivity index (χ1v) is 7.51. The Morgan fingerprint density at radius 2 is 2.10 bits per heavy atom. The summed E-state index contributed by atoms with van der Waals surface area (Å²) in [5.41, 5.74) is 1.91. The number of fused-ring (bicyclic) bond motifs is 1. The van der Waals surface area contributed by atoms with E-state index in [4.69, 9.17) is 23.2 Å². The number of nitrogens with one attached hydrogen (secondary N) is 1. The first-order valence-electron chi connectivity index (χ1n) is 6.76. The van der Waals surface area contributed by atoms with Crippen LogP contribution in [0.2, 0.25) is 10.0 Å². The number of pyridine rings is 1. The third-order valence-electron chi connectivity index (χ3n) is 3.45. The molecule has 0 fully saturated rings. The SMILES string of the molecule is CCNc1nc(N2CCc3ccc(F)cc32)c(Cl)cc1Cl. The van der Waals surface area contributed by atoms with Crippen molar-refractivity contribution in [3.8, 4) is 0 Å². The molecule has 0 unspecified atom stereocenters. The summed E-state index contributed by atoms with van der Waals surface area (Å²) < 4.78 is 13.5. The predicted molar refractivity (Wildman–Crippen MR) is 85.5 cm³/mol. The van der Waals surface area contributed by atoms with Crippen molar-refractivity contribution in [3.05, 3.63) is 45.7 Å². The number of hydrogen-bond acceptors (Lipinski definition) is 3. The lowest BCUT2D eigenvalue weighted by atomic mass is 10.2. The first kappa shape index (κ1) is 14.4. The molecule has 0 saturated heterocycles. The van der Waals surface area contributed by atoms with Gasteiger partial charge in [-0.3, -0.25) is 0 Å². The molecule has 0 atom stereocenters. The van der Waals surface area contributed by atoms with Gasteiger partial charge in [0.25, 0.3) is 0 Å². The molecular weight excluding hydrogens is 312 g/mol. The van der Waals surface area contributed by atoms with Crippen molar-refractivity contribution in [2.75, 3.05) is 23.3 Å². The molecule has 110 valence electrons. The molecule has 0 amide bonds. The van der Waals surface area contributed by atoms with Gasteiger partial charge in [0.15, 0.2) is 5.82 Å². The summed E-state index contributed by atoms with van der Waals surface area (Å²) >= 11 is 12.4. The summed E-state index contributed by atoms with van der Waals surface area (Å²) in [5, 5.41) is 4.03. The lowest BCUT2D eigenvalue weighted by Gasteiger charge is -2.21. The molecule has 0 saturated carbocycles. The van der Waals surface area contributed by atoms with Crippen LogP contribution in [0.4, 0.5) is 21.7 Å². The highest BCUT2D eigenvalue weighted by molar-refractivity contribution is 6.37. The van der Waals surface area contributed by atoms with Crippen molar-refractivity contribution < 1.29 is 4.39 Å². The maximum absolute atomic E-state index is 13.5. The van der Waals surface area contributed by atoms with Crippen LogP contribution in [0.15, 0.2) is 24.3 Å². The van der Waals surface area contributed by atoms with Gasteiger partial charge in [-0.2, -0.15) is 0 Å². The van der Waals surface area contributed by atoms with Gasteiger partial charge >= 0.3 is 0 Å². The molecule has 3 nitrogen and oxygen atoms in total. The van der Waals surface area contributed by atoms with Gasteiger partial charge in [0.1, 0.15) is 11.6 Å². The number of aromatic nitrogens is 1. The molecule has 6 heteroatoms. The van der Waals surface area contributed by atoms with Crippen molar-refractivity contribution in [2.45, 2.75) is 13.3 Å². The maximum atomic E-state index is 13.5. The fourth-order valence-corrected chi connectivity index (χ4v) is 3.04. The molecule has 2 heterocycles. The number of benzene rings is 1. The van der Waals surface area contributed by atoms with Crippen LogP contribution in [-0.2, 0) is 6.42 Å². The van der Waals surface area contributed by atoms with E-state index in [1.165, 1.54) is 12.1 Å². The summed E-state index contributed by atoms with van der Waals surface area (Å²) in [7, 11) is 0. The van der Waals surface area contributed by atoms with Gasteiger partial charge in [0.2, 0.25) is 0 Å². The van der Waals surface area contributed by atoms with Gasteiger partial charge in [-0.25, -0.2) is 9.37 Å². The fourth-order valence-electron chi connectivity index (χ4n) is 2.51. The van der Waals surface area contributed by atoms with Gasteiger partial charge in [-0.15, -0.1) is 0 Å². The summed E-state index contributed by atoms with van der Waals surface area (Å²) in [6.45, 7) is 3.39. The van der Waals surface area contributed by atoms with Gasteiger partial charge < -0.3 is 10.2 Å². The molecule has 0 spiro atoms. The summed E-state index contributed by atoms with van der Waals surface area (Å²) in [4.78, 5) is 6.43. The van der Waals surface area contributed by atoms with Gasteiger partial charge in [0.05, 0.1) is 10.0 Å². The minimum absolute atomic E-state index is 0.266. The maximum Gasteiger partial charge on any atom is 0.154 e. The fraction of sp³-hybridized carbons (Fsp3) is 0.267. The smallest absolute Gasteiger partial charge is 0.154 e. The summed E-state index contributed by atoms with van der Waals surface area (Å²) in [6, 6.07) is 6.46. The van der Waals surface area contributed by atoms with Gasteiger partial charge in [-0.1, -0.05) is 29.3 Å². The molecule has 0 radical (unpaired) electrons. The zero-order valence-electron chi connectivity index (χ0n) is 11.5. The van der Waals surface area contributed by atoms with E-state index in [1.807, 2.05) is 11.8 Å². The third kappa shape index (κ3) is 2.65. The van der Waals surface area contributed by atoms with Crippen molar-refractivity contribution >= 4 is 40.5 Å². The largest absolute Gasteiger partial charge is 0.369 e. The minimum atomic E-state index is -0.266. The predicted octanol–water partition coefficient (Wildman–Crippen LogP) is 4.65. The van der Waals surface area contributed by atoms with Crippen LogP contribution in [-0.4, -0.2) is 18.1 Å². The summed E-state index contributed by atoms with van der Waals surface area (Å²) in [5.74, 6) is 0.919. The van der Waals surface area contributed by atoms with Crippen LogP contribution in [0.25, 0.3) is 0 Å². The second-order valence-corrected chi connectivity index (χ2v) is 5.64. The Balaban J connectivity index is 2.06. The van der Waals surface area contributed by atoms with E-state index in [0.29, 0.717) is 28.2 Å². The van der Waals surface area contributed by atoms with E-state index in [0.717, 1.165) is 24.2 Å². The quantitative estimate of drug-likeness (QED) is 0.890. The Hall–Kier alpha value is -1.52. The Labute approximate surface area is 132 Å². The molecule has 1 aromatic carbocycles. The average Bonchev–Trinajstić information content (AvgIpc) is 2.85. The van der Waals surface area contributed by atoms with Crippen LogP contribution in [0.3, 0.4) is 0 Å². The van der Waals surface area contributed by atoms with Crippen molar-refractivity contribution in [2.24, 2.45) is 0 Å².